The van der Waals surface area contributed by atoms with Crippen LogP contribution < -0.4 is 0 Å². The first-order chi connectivity index (χ1) is 14.6. The van der Waals surface area contributed by atoms with E-state index < -0.39 is 11.6 Å². The van der Waals surface area contributed by atoms with Gasteiger partial charge in [0.15, 0.2) is 11.6 Å². The molecule has 0 fully saturated rings. The highest BCUT2D eigenvalue weighted by Crippen LogP contribution is 2.25. The molecule has 0 spiro atoms. The topological polar surface area (TPSA) is 22.1 Å². The lowest BCUT2D eigenvalue weighted by Crippen LogP contribution is -2.08. The van der Waals surface area contributed by atoms with Crippen LogP contribution in [0.25, 0.3) is 17.3 Å². The van der Waals surface area contributed by atoms with Gasteiger partial charge in [-0.3, -0.25) is 4.98 Å². The fourth-order valence-corrected chi connectivity index (χ4v) is 3.23. The maximum Gasteiger partial charge on any atom is 0.168 e. The SMILES string of the molecule is C=CCc1ccc(-c2ccc(C=CCCCC(C)OCCCCC)cn2)c(F)c1F. The monoisotopic (exact) mass is 413 g/mol. The smallest absolute Gasteiger partial charge is 0.168 e. The molecule has 1 aromatic carbocycles. The van der Waals surface area contributed by atoms with Crippen molar-refractivity contribution >= 4 is 6.08 Å². The van der Waals surface area contributed by atoms with Crippen molar-refractivity contribution in [3.05, 3.63) is 72.0 Å². The lowest BCUT2D eigenvalue weighted by molar-refractivity contribution is 0.0566. The first-order valence-electron chi connectivity index (χ1n) is 10.9. The Hall–Kier alpha value is -2.33. The summed E-state index contributed by atoms with van der Waals surface area (Å²) in [5.41, 5.74) is 1.82. The summed E-state index contributed by atoms with van der Waals surface area (Å²) in [7, 11) is 0. The summed E-state index contributed by atoms with van der Waals surface area (Å²) in [5.74, 6) is -1.70. The highest BCUT2D eigenvalue weighted by atomic mass is 19.2. The number of hydrogen-bond acceptors (Lipinski definition) is 2. The van der Waals surface area contributed by atoms with Crippen molar-refractivity contribution in [1.29, 1.82) is 0 Å². The summed E-state index contributed by atoms with van der Waals surface area (Å²) in [6.07, 6.45) is 14.6. The van der Waals surface area contributed by atoms with Crippen LogP contribution in [0.1, 0.15) is 63.5 Å². The number of unbranched alkanes of at least 4 members (excludes halogenated alkanes) is 3. The summed E-state index contributed by atoms with van der Waals surface area (Å²) in [6.45, 7) is 8.74. The molecule has 0 aliphatic rings. The third kappa shape index (κ3) is 7.49. The number of hydrogen-bond donors (Lipinski definition) is 0. The van der Waals surface area contributed by atoms with Crippen LogP contribution in [0, 0.1) is 11.6 Å². The molecule has 1 aromatic heterocycles. The lowest BCUT2D eigenvalue weighted by atomic mass is 10.0. The fraction of sp³-hybridized carbons (Fsp3) is 0.423. The van der Waals surface area contributed by atoms with Crippen molar-refractivity contribution in [1.82, 2.24) is 4.98 Å². The summed E-state index contributed by atoms with van der Waals surface area (Å²) in [6, 6.07) is 6.74. The van der Waals surface area contributed by atoms with E-state index in [4.69, 9.17) is 4.74 Å². The third-order valence-corrected chi connectivity index (χ3v) is 5.03. The van der Waals surface area contributed by atoms with Crippen molar-refractivity contribution in [3.63, 3.8) is 0 Å². The van der Waals surface area contributed by atoms with Gasteiger partial charge in [0.2, 0.25) is 0 Å². The third-order valence-electron chi connectivity index (χ3n) is 5.03. The summed E-state index contributed by atoms with van der Waals surface area (Å²) < 4.78 is 34.3. The van der Waals surface area contributed by atoms with Gasteiger partial charge in [-0.2, -0.15) is 0 Å². The molecule has 1 unspecified atom stereocenters. The van der Waals surface area contributed by atoms with Crippen LogP contribution in [0.15, 0.2) is 49.2 Å². The van der Waals surface area contributed by atoms with E-state index in [0.29, 0.717) is 23.8 Å². The number of benzene rings is 1. The van der Waals surface area contributed by atoms with Crippen molar-refractivity contribution in [3.8, 4) is 11.3 Å². The van der Waals surface area contributed by atoms with Gasteiger partial charge in [0.1, 0.15) is 0 Å². The molecule has 0 bridgehead atoms. The minimum Gasteiger partial charge on any atom is -0.379 e. The summed E-state index contributed by atoms with van der Waals surface area (Å²) in [5, 5.41) is 0. The second-order valence-corrected chi connectivity index (χ2v) is 7.59. The Labute approximate surface area is 179 Å². The van der Waals surface area contributed by atoms with Crippen LogP contribution in [0.4, 0.5) is 8.78 Å². The highest BCUT2D eigenvalue weighted by Gasteiger charge is 2.14. The molecule has 30 heavy (non-hydrogen) atoms. The molecule has 2 aromatic rings. The van der Waals surface area contributed by atoms with Crippen LogP contribution in [0.3, 0.4) is 0 Å². The number of ether oxygens (including phenoxy) is 1. The predicted octanol–water partition coefficient (Wildman–Crippen LogP) is 7.53. The molecule has 0 N–H and O–H groups in total. The first-order valence-corrected chi connectivity index (χ1v) is 10.9. The van der Waals surface area contributed by atoms with Crippen LogP contribution in [0.5, 0.6) is 0 Å². The normalized spacial score (nSPS) is 12.4. The molecule has 2 rings (SSSR count). The largest absolute Gasteiger partial charge is 0.379 e. The Balaban J connectivity index is 1.83. The molecule has 0 aliphatic heterocycles. The van der Waals surface area contributed by atoms with Gasteiger partial charge in [-0.1, -0.05) is 50.1 Å². The maximum absolute atomic E-state index is 14.4. The molecule has 1 atom stereocenters. The van der Waals surface area contributed by atoms with Gasteiger partial charge in [-0.15, -0.1) is 6.58 Å². The Morgan fingerprint density at radius 3 is 2.63 bits per heavy atom. The maximum atomic E-state index is 14.4. The zero-order chi connectivity index (χ0) is 21.8. The predicted molar refractivity (Wildman–Crippen MR) is 121 cm³/mol. The lowest BCUT2D eigenvalue weighted by Gasteiger charge is -2.12. The van der Waals surface area contributed by atoms with Gasteiger partial charge < -0.3 is 4.74 Å². The second kappa shape index (κ2) is 13.1. The standard InChI is InChI=1S/C26H33F2NO/c1-4-6-10-18-30-20(3)12-8-7-9-13-21-14-17-24(29-19-21)23-16-15-22(11-5-2)25(27)26(23)28/h5,9,13-17,19-20H,2,4,6-8,10-12,18H2,1,3H3. The summed E-state index contributed by atoms with van der Waals surface area (Å²) >= 11 is 0. The van der Waals surface area contributed by atoms with Gasteiger partial charge >= 0.3 is 0 Å². The Kier molecular flexibility index (Phi) is 10.4. The highest BCUT2D eigenvalue weighted by molar-refractivity contribution is 5.62. The van der Waals surface area contributed by atoms with Crippen LogP contribution in [-0.4, -0.2) is 17.7 Å². The first kappa shape index (κ1) is 23.9. The number of nitrogens with zero attached hydrogens (tertiary/aromatic N) is 1. The zero-order valence-electron chi connectivity index (χ0n) is 18.2. The number of halogens is 2. The number of rotatable bonds is 13. The Morgan fingerprint density at radius 2 is 1.93 bits per heavy atom. The van der Waals surface area contributed by atoms with Crippen molar-refractivity contribution in [2.75, 3.05) is 6.61 Å². The van der Waals surface area contributed by atoms with Gasteiger partial charge in [0, 0.05) is 18.4 Å². The molecule has 2 nitrogen and oxygen atoms in total. The number of aromatic nitrogens is 1. The van der Waals surface area contributed by atoms with E-state index in [-0.39, 0.29) is 5.56 Å². The average molecular weight is 414 g/mol. The van der Waals surface area contributed by atoms with Crippen molar-refractivity contribution < 1.29 is 13.5 Å². The molecule has 162 valence electrons. The second-order valence-electron chi connectivity index (χ2n) is 7.59. The van der Waals surface area contributed by atoms with Gasteiger partial charge in [-0.25, -0.2) is 8.78 Å². The summed E-state index contributed by atoms with van der Waals surface area (Å²) in [4.78, 5) is 4.30. The van der Waals surface area contributed by atoms with E-state index in [1.165, 1.54) is 12.8 Å². The molecule has 1 heterocycles. The van der Waals surface area contributed by atoms with E-state index in [2.05, 4.69) is 31.5 Å². The fourth-order valence-electron chi connectivity index (χ4n) is 3.23. The molecule has 0 aliphatic carbocycles. The number of allylic oxidation sites excluding steroid dienone is 2. The Bertz CT molecular complexity index is 815. The average Bonchev–Trinajstić information content (AvgIpc) is 2.75. The molecule has 0 saturated heterocycles. The van der Waals surface area contributed by atoms with E-state index in [1.54, 1.807) is 30.5 Å². The van der Waals surface area contributed by atoms with Crippen LogP contribution >= 0.6 is 0 Å². The Morgan fingerprint density at radius 1 is 1.10 bits per heavy atom. The minimum atomic E-state index is -0.865. The molecular weight excluding hydrogens is 380 g/mol. The van der Waals surface area contributed by atoms with E-state index >= 15 is 0 Å². The van der Waals surface area contributed by atoms with Crippen LogP contribution in [-0.2, 0) is 11.2 Å². The van der Waals surface area contributed by atoms with Crippen molar-refractivity contribution in [2.45, 2.75) is 64.9 Å². The molecule has 0 amide bonds. The zero-order valence-corrected chi connectivity index (χ0v) is 18.2. The van der Waals surface area contributed by atoms with E-state index in [0.717, 1.165) is 37.9 Å². The molecular formula is C26H33F2NO. The quantitative estimate of drug-likeness (QED) is 0.250. The molecule has 4 heteroatoms. The minimum absolute atomic E-state index is 0.170. The molecule has 0 saturated carbocycles. The van der Waals surface area contributed by atoms with E-state index in [1.807, 2.05) is 12.1 Å². The van der Waals surface area contributed by atoms with Gasteiger partial charge in [0.25, 0.3) is 0 Å². The van der Waals surface area contributed by atoms with Crippen molar-refractivity contribution in [2.24, 2.45) is 0 Å². The van der Waals surface area contributed by atoms with Gasteiger partial charge in [-0.05, 0) is 62.3 Å². The van der Waals surface area contributed by atoms with E-state index in [9.17, 15) is 8.78 Å². The molecule has 0 radical (unpaired) electrons. The van der Waals surface area contributed by atoms with Gasteiger partial charge in [0.05, 0.1) is 11.8 Å². The van der Waals surface area contributed by atoms with Crippen LogP contribution in [0.2, 0.25) is 0 Å². The number of pyridine rings is 1.